The maximum Gasteiger partial charge on any atom is 0.273 e. The van der Waals surface area contributed by atoms with Crippen molar-refractivity contribution < 1.29 is 9.90 Å². The molecular weight excluding hydrogens is 274 g/mol. The van der Waals surface area contributed by atoms with Crippen LogP contribution in [-0.2, 0) is 0 Å². The lowest BCUT2D eigenvalue weighted by molar-refractivity contribution is 0.0741. The molecule has 104 valence electrons. The van der Waals surface area contributed by atoms with Crippen LogP contribution in [0.4, 0.5) is 5.69 Å². The second-order valence-corrected chi connectivity index (χ2v) is 5.36. The fraction of sp³-hybridized carbons (Fsp3) is 0.286. The van der Waals surface area contributed by atoms with Crippen molar-refractivity contribution in [2.75, 3.05) is 31.1 Å². The molecule has 1 aliphatic rings. The molecule has 1 N–H and O–H groups in total. The lowest BCUT2D eigenvalue weighted by Gasteiger charge is -2.36. The summed E-state index contributed by atoms with van der Waals surface area (Å²) in [4.78, 5) is 20.1. The van der Waals surface area contributed by atoms with E-state index in [9.17, 15) is 9.90 Å². The number of benzene rings is 1. The molecule has 6 heteroatoms. The largest absolute Gasteiger partial charge is 0.506 e. The number of aromatic nitrogens is 1. The zero-order valence-corrected chi connectivity index (χ0v) is 11.7. The van der Waals surface area contributed by atoms with Gasteiger partial charge in [0.05, 0.1) is 11.2 Å². The van der Waals surface area contributed by atoms with Crippen molar-refractivity contribution in [2.45, 2.75) is 0 Å². The number of aromatic hydroxyl groups is 1. The molecule has 2 aromatic rings. The molecule has 20 heavy (non-hydrogen) atoms. The summed E-state index contributed by atoms with van der Waals surface area (Å²) < 4.78 is 0. The molecule has 1 saturated heterocycles. The van der Waals surface area contributed by atoms with Crippen LogP contribution in [0.5, 0.6) is 5.75 Å². The molecule has 1 aromatic carbocycles. The Morgan fingerprint density at radius 1 is 1.20 bits per heavy atom. The molecule has 2 heterocycles. The van der Waals surface area contributed by atoms with E-state index >= 15 is 0 Å². The van der Waals surface area contributed by atoms with Crippen LogP contribution in [0.25, 0.3) is 0 Å². The van der Waals surface area contributed by atoms with Crippen LogP contribution in [0.3, 0.4) is 0 Å². The van der Waals surface area contributed by atoms with E-state index in [2.05, 4.69) is 9.88 Å². The maximum atomic E-state index is 12.2. The van der Waals surface area contributed by atoms with Gasteiger partial charge in [-0.25, -0.2) is 4.98 Å². The smallest absolute Gasteiger partial charge is 0.273 e. The van der Waals surface area contributed by atoms with Crippen LogP contribution in [0, 0.1) is 0 Å². The Bertz CT molecular complexity index is 592. The summed E-state index contributed by atoms with van der Waals surface area (Å²) in [6.45, 7) is 2.72. The number of hydrogen-bond acceptors (Lipinski definition) is 5. The maximum absolute atomic E-state index is 12.2. The first-order valence-electron chi connectivity index (χ1n) is 6.46. The summed E-state index contributed by atoms with van der Waals surface area (Å²) in [6.07, 6.45) is 0. The summed E-state index contributed by atoms with van der Waals surface area (Å²) in [6, 6.07) is 7.29. The number of hydrogen-bond donors (Lipinski definition) is 1. The number of para-hydroxylation sites is 2. The van der Waals surface area contributed by atoms with Crippen molar-refractivity contribution in [3.05, 3.63) is 40.8 Å². The van der Waals surface area contributed by atoms with Crippen LogP contribution >= 0.6 is 11.3 Å². The Morgan fingerprint density at radius 3 is 2.60 bits per heavy atom. The van der Waals surface area contributed by atoms with E-state index in [1.807, 2.05) is 17.0 Å². The number of phenolic OH excluding ortho intramolecular Hbond substituents is 1. The lowest BCUT2D eigenvalue weighted by Crippen LogP contribution is -2.48. The summed E-state index contributed by atoms with van der Waals surface area (Å²) >= 11 is 1.43. The van der Waals surface area contributed by atoms with Gasteiger partial charge < -0.3 is 14.9 Å². The van der Waals surface area contributed by atoms with Crippen LogP contribution in [-0.4, -0.2) is 47.1 Å². The summed E-state index contributed by atoms with van der Waals surface area (Å²) in [5.41, 5.74) is 3.02. The SMILES string of the molecule is O=C(c1cscn1)N1CCN(c2ccccc2O)CC1. The second kappa shape index (κ2) is 5.50. The molecule has 1 amide bonds. The Labute approximate surface area is 121 Å². The van der Waals surface area contributed by atoms with Crippen molar-refractivity contribution in [3.63, 3.8) is 0 Å². The summed E-state index contributed by atoms with van der Waals surface area (Å²) in [5, 5.41) is 11.6. The quantitative estimate of drug-likeness (QED) is 0.916. The van der Waals surface area contributed by atoms with Gasteiger partial charge in [-0.1, -0.05) is 12.1 Å². The van der Waals surface area contributed by atoms with Crippen LogP contribution in [0.2, 0.25) is 0 Å². The van der Waals surface area contributed by atoms with Gasteiger partial charge in [0.15, 0.2) is 0 Å². The third kappa shape index (κ3) is 2.46. The van der Waals surface area contributed by atoms with Gasteiger partial charge in [-0.05, 0) is 12.1 Å². The van der Waals surface area contributed by atoms with E-state index in [1.165, 1.54) is 11.3 Å². The minimum absolute atomic E-state index is 0.0109. The third-order valence-electron chi connectivity index (χ3n) is 3.44. The molecule has 1 aromatic heterocycles. The van der Waals surface area contributed by atoms with E-state index in [0.717, 1.165) is 5.69 Å². The normalized spacial score (nSPS) is 15.4. The molecule has 3 rings (SSSR count). The highest BCUT2D eigenvalue weighted by Gasteiger charge is 2.24. The van der Waals surface area contributed by atoms with Crippen molar-refractivity contribution in [3.8, 4) is 5.75 Å². The third-order valence-corrected chi connectivity index (χ3v) is 4.03. The first-order valence-corrected chi connectivity index (χ1v) is 7.40. The van der Waals surface area contributed by atoms with Gasteiger partial charge in [-0.2, -0.15) is 0 Å². The molecule has 0 spiro atoms. The van der Waals surface area contributed by atoms with Gasteiger partial charge in [-0.3, -0.25) is 4.79 Å². The van der Waals surface area contributed by atoms with Gasteiger partial charge in [0, 0.05) is 31.6 Å². The molecule has 0 bridgehead atoms. The van der Waals surface area contributed by atoms with E-state index in [-0.39, 0.29) is 11.7 Å². The zero-order chi connectivity index (χ0) is 13.9. The number of anilines is 1. The van der Waals surface area contributed by atoms with E-state index in [0.29, 0.717) is 31.9 Å². The fourth-order valence-corrected chi connectivity index (χ4v) is 2.89. The van der Waals surface area contributed by atoms with Crippen LogP contribution in [0.15, 0.2) is 35.2 Å². The van der Waals surface area contributed by atoms with Crippen LogP contribution < -0.4 is 4.90 Å². The van der Waals surface area contributed by atoms with E-state index in [1.54, 1.807) is 23.0 Å². The second-order valence-electron chi connectivity index (χ2n) is 4.64. The van der Waals surface area contributed by atoms with Gasteiger partial charge in [0.1, 0.15) is 11.4 Å². The van der Waals surface area contributed by atoms with E-state index < -0.39 is 0 Å². The average molecular weight is 289 g/mol. The topological polar surface area (TPSA) is 56.7 Å². The lowest BCUT2D eigenvalue weighted by atomic mass is 10.2. The molecule has 0 unspecified atom stereocenters. The summed E-state index contributed by atoms with van der Waals surface area (Å²) in [7, 11) is 0. The number of amides is 1. The zero-order valence-electron chi connectivity index (χ0n) is 10.9. The number of carbonyl (C=O) groups is 1. The van der Waals surface area contributed by atoms with Gasteiger partial charge in [0.25, 0.3) is 5.91 Å². The Hall–Kier alpha value is -2.08. The van der Waals surface area contributed by atoms with Crippen LogP contribution in [0.1, 0.15) is 10.5 Å². The fourth-order valence-electron chi connectivity index (χ4n) is 2.36. The minimum Gasteiger partial charge on any atom is -0.506 e. The number of piperazine rings is 1. The first kappa shape index (κ1) is 12.9. The molecule has 0 saturated carbocycles. The number of carbonyl (C=O) groups excluding carboxylic acids is 1. The van der Waals surface area contributed by atoms with Crippen molar-refractivity contribution in [1.82, 2.24) is 9.88 Å². The number of phenols is 1. The molecule has 1 aliphatic heterocycles. The predicted octanol–water partition coefficient (Wildman–Crippen LogP) is 1.81. The van der Waals surface area contributed by atoms with Gasteiger partial charge >= 0.3 is 0 Å². The standard InChI is InChI=1S/C14H15N3O2S/c18-13-4-2-1-3-12(13)16-5-7-17(8-6-16)14(19)11-9-20-10-15-11/h1-4,9-10,18H,5-8H2. The first-order chi connectivity index (χ1) is 9.75. The molecule has 0 atom stereocenters. The molecular formula is C14H15N3O2S. The van der Waals surface area contributed by atoms with Gasteiger partial charge in [0.2, 0.25) is 0 Å². The average Bonchev–Trinajstić information content (AvgIpc) is 3.01. The van der Waals surface area contributed by atoms with Crippen molar-refractivity contribution >= 4 is 22.9 Å². The highest BCUT2D eigenvalue weighted by Crippen LogP contribution is 2.27. The van der Waals surface area contributed by atoms with Crippen molar-refractivity contribution in [2.24, 2.45) is 0 Å². The molecule has 1 fully saturated rings. The minimum atomic E-state index is -0.0109. The Balaban J connectivity index is 1.65. The highest BCUT2D eigenvalue weighted by atomic mass is 32.1. The molecule has 5 nitrogen and oxygen atoms in total. The molecule has 0 radical (unpaired) electrons. The number of rotatable bonds is 2. The van der Waals surface area contributed by atoms with Gasteiger partial charge in [-0.15, -0.1) is 11.3 Å². The Morgan fingerprint density at radius 2 is 1.95 bits per heavy atom. The Kier molecular flexibility index (Phi) is 3.56. The van der Waals surface area contributed by atoms with E-state index in [4.69, 9.17) is 0 Å². The summed E-state index contributed by atoms with van der Waals surface area (Å²) in [5.74, 6) is 0.273. The number of thiazole rings is 1. The van der Waals surface area contributed by atoms with Crippen molar-refractivity contribution in [1.29, 1.82) is 0 Å². The highest BCUT2D eigenvalue weighted by molar-refractivity contribution is 7.07. The predicted molar refractivity (Wildman–Crippen MR) is 78.3 cm³/mol. The number of nitrogens with zero attached hydrogens (tertiary/aromatic N) is 3. The molecule has 0 aliphatic carbocycles. The monoisotopic (exact) mass is 289 g/mol.